The predicted octanol–water partition coefficient (Wildman–Crippen LogP) is 10.3. The molecule has 0 heterocycles. The fraction of sp³-hybridized carbons (Fsp3) is 0.706. The predicted molar refractivity (Wildman–Crippen MR) is 150 cm³/mol. The first-order valence-corrected chi connectivity index (χ1v) is 14.8. The maximum absolute atomic E-state index is 4.56. The molecule has 0 saturated heterocycles. The Hall–Kier alpha value is -1.30. The molecular formula is C34H52. The van der Waals surface area contributed by atoms with Gasteiger partial charge >= 0.3 is 0 Å². The minimum absolute atomic E-state index is 0.742. The Morgan fingerprint density at radius 1 is 1.00 bits per heavy atom. The van der Waals surface area contributed by atoms with E-state index in [1.54, 1.807) is 0 Å². The molecular weight excluding hydrogens is 408 g/mol. The van der Waals surface area contributed by atoms with Crippen molar-refractivity contribution in [2.45, 2.75) is 105 Å². The van der Waals surface area contributed by atoms with E-state index in [9.17, 15) is 0 Å². The van der Waals surface area contributed by atoms with Crippen LogP contribution in [-0.2, 0) is 0 Å². The minimum atomic E-state index is 0.742. The van der Waals surface area contributed by atoms with Gasteiger partial charge in [0.05, 0.1) is 0 Å². The molecule has 7 unspecified atom stereocenters. The fourth-order valence-electron chi connectivity index (χ4n) is 6.42. The Balaban J connectivity index is 1.19. The number of rotatable bonds is 16. The molecule has 4 rings (SSSR count). The second-order valence-electron chi connectivity index (χ2n) is 12.7. The summed E-state index contributed by atoms with van der Waals surface area (Å²) in [5.74, 6) is 7.19. The van der Waals surface area contributed by atoms with Crippen LogP contribution in [0.4, 0.5) is 0 Å². The Labute approximate surface area is 211 Å². The molecule has 0 nitrogen and oxygen atoms in total. The second kappa shape index (κ2) is 11.6. The van der Waals surface area contributed by atoms with Crippen molar-refractivity contribution < 1.29 is 0 Å². The van der Waals surface area contributed by atoms with Gasteiger partial charge in [-0.1, -0.05) is 89.1 Å². The largest absolute Gasteiger partial charge is 0.0958 e. The molecule has 0 aromatic rings. The van der Waals surface area contributed by atoms with Crippen LogP contribution in [0.5, 0.6) is 0 Å². The zero-order valence-corrected chi connectivity index (χ0v) is 22.8. The van der Waals surface area contributed by atoms with Crippen LogP contribution in [0, 0.1) is 47.3 Å². The highest BCUT2D eigenvalue weighted by Gasteiger charge is 2.49. The Bertz CT molecular complexity index is 815. The third-order valence-corrected chi connectivity index (χ3v) is 9.79. The summed E-state index contributed by atoms with van der Waals surface area (Å²) in [5, 5.41) is 0. The van der Waals surface area contributed by atoms with Gasteiger partial charge in [-0.05, 0) is 123 Å². The smallest absolute Gasteiger partial charge is 0.0128 e. The van der Waals surface area contributed by atoms with Crippen LogP contribution in [0.15, 0.2) is 59.8 Å². The maximum Gasteiger partial charge on any atom is -0.0128 e. The third kappa shape index (κ3) is 7.11. The van der Waals surface area contributed by atoms with Crippen LogP contribution in [0.25, 0.3) is 0 Å². The standard InChI is InChI=1S/C34H52/c1-7-8-10-23(2)13-14-24(3)25(4)15-16-27(6)30-19-31-22-33(31)34(21-30)32-20-29(32)12-9-11-26(5)28-17-18-28/h8,10,19,21,24-26,28-29,31-33H,2,6-7,9,11-18,20,22H2,1,3-5H3. The van der Waals surface area contributed by atoms with Gasteiger partial charge in [0.25, 0.3) is 0 Å². The first kappa shape index (κ1) is 25.8. The van der Waals surface area contributed by atoms with E-state index in [1.807, 2.05) is 5.57 Å². The van der Waals surface area contributed by atoms with E-state index < -0.39 is 0 Å². The van der Waals surface area contributed by atoms with Crippen LogP contribution >= 0.6 is 0 Å². The molecule has 0 bridgehead atoms. The lowest BCUT2D eigenvalue weighted by Crippen LogP contribution is -2.09. The van der Waals surface area contributed by atoms with Crippen molar-refractivity contribution in [2.24, 2.45) is 47.3 Å². The second-order valence-corrected chi connectivity index (χ2v) is 12.7. The average Bonchev–Trinajstić information content (AvgIpc) is 3.69. The van der Waals surface area contributed by atoms with Crippen molar-refractivity contribution >= 4 is 0 Å². The van der Waals surface area contributed by atoms with Gasteiger partial charge in [0, 0.05) is 0 Å². The van der Waals surface area contributed by atoms with Gasteiger partial charge in [0.2, 0.25) is 0 Å². The van der Waals surface area contributed by atoms with E-state index in [1.165, 1.54) is 74.5 Å². The summed E-state index contributed by atoms with van der Waals surface area (Å²) in [6, 6.07) is 0. The van der Waals surface area contributed by atoms with Gasteiger partial charge in [0.1, 0.15) is 0 Å². The lowest BCUT2D eigenvalue weighted by atomic mass is 9.84. The van der Waals surface area contributed by atoms with Crippen LogP contribution in [-0.4, -0.2) is 0 Å². The number of hydrogen-bond acceptors (Lipinski definition) is 0. The molecule has 4 aliphatic rings. The fourth-order valence-corrected chi connectivity index (χ4v) is 6.42. The molecule has 0 spiro atoms. The lowest BCUT2D eigenvalue weighted by molar-refractivity contribution is 0.345. The van der Waals surface area contributed by atoms with E-state index in [4.69, 9.17) is 0 Å². The summed E-state index contributed by atoms with van der Waals surface area (Å²) < 4.78 is 0. The molecule has 188 valence electrons. The van der Waals surface area contributed by atoms with Crippen molar-refractivity contribution in [3.05, 3.63) is 59.8 Å². The monoisotopic (exact) mass is 460 g/mol. The van der Waals surface area contributed by atoms with Gasteiger partial charge in [-0.25, -0.2) is 0 Å². The molecule has 34 heavy (non-hydrogen) atoms. The number of hydrogen-bond donors (Lipinski definition) is 0. The highest BCUT2D eigenvalue weighted by atomic mass is 14.5. The maximum atomic E-state index is 4.56. The van der Waals surface area contributed by atoms with Gasteiger partial charge < -0.3 is 0 Å². The van der Waals surface area contributed by atoms with Gasteiger partial charge in [0.15, 0.2) is 0 Å². The molecule has 7 atom stereocenters. The summed E-state index contributed by atoms with van der Waals surface area (Å²) in [6.07, 6.45) is 25.8. The molecule has 0 aliphatic heterocycles. The van der Waals surface area contributed by atoms with Gasteiger partial charge in [-0.15, -0.1) is 0 Å². The zero-order valence-electron chi connectivity index (χ0n) is 22.8. The lowest BCUT2D eigenvalue weighted by Gasteiger charge is -2.22. The van der Waals surface area contributed by atoms with E-state index in [0.717, 1.165) is 66.6 Å². The van der Waals surface area contributed by atoms with Crippen molar-refractivity contribution in [3.63, 3.8) is 0 Å². The Kier molecular flexibility index (Phi) is 8.81. The Morgan fingerprint density at radius 3 is 2.44 bits per heavy atom. The van der Waals surface area contributed by atoms with Crippen LogP contribution in [0.1, 0.15) is 105 Å². The van der Waals surface area contributed by atoms with Crippen molar-refractivity contribution in [2.75, 3.05) is 0 Å². The Morgan fingerprint density at radius 2 is 1.74 bits per heavy atom. The van der Waals surface area contributed by atoms with Crippen molar-refractivity contribution in [1.29, 1.82) is 0 Å². The van der Waals surface area contributed by atoms with E-state index in [2.05, 4.69) is 65.2 Å². The summed E-state index contributed by atoms with van der Waals surface area (Å²) in [5.41, 5.74) is 6.00. The molecule has 3 fully saturated rings. The number of fused-ring (bicyclic) bond motifs is 1. The van der Waals surface area contributed by atoms with Gasteiger partial charge in [-0.3, -0.25) is 0 Å². The molecule has 0 aromatic carbocycles. The highest BCUT2D eigenvalue weighted by Crippen LogP contribution is 2.59. The quantitative estimate of drug-likeness (QED) is 0.201. The average molecular weight is 461 g/mol. The van der Waals surface area contributed by atoms with E-state index >= 15 is 0 Å². The topological polar surface area (TPSA) is 0 Å². The van der Waals surface area contributed by atoms with Crippen LogP contribution in [0.2, 0.25) is 0 Å². The molecule has 0 aromatic heterocycles. The normalized spacial score (nSPS) is 30.2. The first-order valence-electron chi connectivity index (χ1n) is 14.8. The first-order chi connectivity index (χ1) is 16.4. The third-order valence-electron chi connectivity index (χ3n) is 9.79. The highest BCUT2D eigenvalue weighted by molar-refractivity contribution is 5.48. The zero-order chi connectivity index (χ0) is 24.2. The summed E-state index contributed by atoms with van der Waals surface area (Å²) in [6.45, 7) is 18.3. The van der Waals surface area contributed by atoms with Crippen LogP contribution in [0.3, 0.4) is 0 Å². The summed E-state index contributed by atoms with van der Waals surface area (Å²) >= 11 is 0. The van der Waals surface area contributed by atoms with E-state index in [0.29, 0.717) is 0 Å². The van der Waals surface area contributed by atoms with Crippen LogP contribution < -0.4 is 0 Å². The molecule has 0 heteroatoms. The van der Waals surface area contributed by atoms with E-state index in [-0.39, 0.29) is 0 Å². The molecule has 0 N–H and O–H groups in total. The summed E-state index contributed by atoms with van der Waals surface area (Å²) in [4.78, 5) is 0. The SMILES string of the molecule is C=C(C=CCC)CCC(C)C(C)CCC(=C)C1=CC2CC2C(C2CC2CCCC(C)C2CC2)=C1. The van der Waals surface area contributed by atoms with Gasteiger partial charge in [-0.2, -0.15) is 0 Å². The number of allylic oxidation sites excluding steroid dienone is 8. The van der Waals surface area contributed by atoms with Crippen molar-refractivity contribution in [3.8, 4) is 0 Å². The molecule has 0 radical (unpaired) electrons. The minimum Gasteiger partial charge on any atom is -0.0958 e. The summed E-state index contributed by atoms with van der Waals surface area (Å²) in [7, 11) is 0. The molecule has 0 amide bonds. The molecule has 3 saturated carbocycles. The van der Waals surface area contributed by atoms with Crippen molar-refractivity contribution in [1.82, 2.24) is 0 Å². The molecule has 4 aliphatic carbocycles.